The van der Waals surface area contributed by atoms with E-state index in [-0.39, 0.29) is 38.8 Å². The van der Waals surface area contributed by atoms with Crippen molar-refractivity contribution in [3.05, 3.63) is 0 Å². The zero-order chi connectivity index (χ0) is 63.4. The zero-order valence-corrected chi connectivity index (χ0v) is 53.4. The summed E-state index contributed by atoms with van der Waals surface area (Å²) in [7, 11) is -4.89. The molecule has 1 heterocycles. The number of phosphoric acid groups is 1. The van der Waals surface area contributed by atoms with E-state index < -0.39 is 143 Å². The summed E-state index contributed by atoms with van der Waals surface area (Å²) in [5.41, 5.74) is 11.4. The predicted molar refractivity (Wildman–Crippen MR) is 322 cm³/mol. The second kappa shape index (κ2) is 48.1. The van der Waals surface area contributed by atoms with Crippen molar-refractivity contribution < 1.29 is 86.3 Å². The Morgan fingerprint density at radius 3 is 1.65 bits per heavy atom. The van der Waals surface area contributed by atoms with Gasteiger partial charge in [0, 0.05) is 39.3 Å². The molecule has 1 aliphatic heterocycles. The second-order valence-electron chi connectivity index (χ2n) is 22.8. The van der Waals surface area contributed by atoms with Gasteiger partial charge >= 0.3 is 19.8 Å². The van der Waals surface area contributed by atoms with Crippen LogP contribution in [0.25, 0.3) is 0 Å². The number of ether oxygens (including phenoxy) is 4. The van der Waals surface area contributed by atoms with Crippen LogP contribution in [0.2, 0.25) is 0 Å². The van der Waals surface area contributed by atoms with Gasteiger partial charge in [-0.2, -0.15) is 0 Å². The van der Waals surface area contributed by atoms with Crippen molar-refractivity contribution in [3.8, 4) is 0 Å². The number of esters is 2. The van der Waals surface area contributed by atoms with E-state index in [9.17, 15) is 58.3 Å². The quantitative estimate of drug-likeness (QED) is 0.0174. The first-order chi connectivity index (χ1) is 40.6. The Kier molecular flexibility index (Phi) is 44.8. The van der Waals surface area contributed by atoms with Crippen LogP contribution in [0.1, 0.15) is 241 Å². The third-order valence-corrected chi connectivity index (χ3v) is 16.1. The Bertz CT molecular complexity index is 1910. The topological polar surface area (TPSA) is 364 Å². The van der Waals surface area contributed by atoms with E-state index in [2.05, 4.69) is 29.8 Å². The number of nitrogens with two attached hydrogens (primary N) is 2. The number of unbranched alkanes of at least 4 members (excludes halogenated alkanes) is 24. The van der Waals surface area contributed by atoms with Crippen molar-refractivity contribution in [1.29, 1.82) is 0 Å². The maximum absolute atomic E-state index is 14.0. The average molecular weight is 1240 g/mol. The molecule has 85 heavy (non-hydrogen) atoms. The molecule has 11 N–H and O–H groups in total. The Balaban J connectivity index is 2.99. The smallest absolute Gasteiger partial charge is 0.462 e. The van der Waals surface area contributed by atoms with Crippen LogP contribution in [0.3, 0.4) is 0 Å². The molecule has 0 aliphatic carbocycles. The molecule has 496 valence electrons. The third-order valence-electron chi connectivity index (χ3n) is 15.1. The number of primary amides is 1. The van der Waals surface area contributed by atoms with Gasteiger partial charge in [-0.15, -0.1) is 0 Å². The summed E-state index contributed by atoms with van der Waals surface area (Å²) in [6.45, 7) is 6.92. The SMILES string of the molecule is CCCCCCCCCCCCCCCC(=O)OCC(COP(=O)(O)OCCNC(=O)[C@H](C)N(CC(C)O[C@H]1[C@H](O)[C@@H](CO)O[C@H](O)[C@@H]1NC(C)=O)C(=O)CC[C@@H](NC(=O)C(N)CC)C(N)=O)OC(=O)CCCCCCCCCCCCCCC. The second-order valence-corrected chi connectivity index (χ2v) is 24.2. The number of amides is 5. The first-order valence-electron chi connectivity index (χ1n) is 32.0. The van der Waals surface area contributed by atoms with Crippen LogP contribution >= 0.6 is 7.82 Å². The molecule has 4 unspecified atom stereocenters. The van der Waals surface area contributed by atoms with Gasteiger partial charge in [-0.3, -0.25) is 42.6 Å². The average Bonchev–Trinajstić information content (AvgIpc) is 3.66. The summed E-state index contributed by atoms with van der Waals surface area (Å²) in [5, 5.41) is 38.9. The predicted octanol–water partition coefficient (Wildman–Crippen LogP) is 6.71. The standard InChI is InChI=1S/C60H113N6O18P/c1-7-10-12-14-16-18-20-22-24-26-28-30-32-34-52(70)79-42-47(83-53(71)35-33-31-29-27-25-23-21-19-17-15-13-11-8-2)43-81-85(77,78)80-39-38-63-58(74)45(5)66(51(69)37-36-49(57(62)73)65-59(75)48(61)9-3)40-44(4)82-56-54(64-46(6)68)60(76)84-50(41-67)55(56)72/h44-45,47-50,54-56,60,67,72,76H,7-43,61H2,1-6H3,(H2,62,73)(H,63,74)(H,64,68)(H,65,75)(H,77,78)/t44?,45-,47?,48?,49+,50+,54+,55+,56+,60-/m0/s1. The molecule has 11 atom stereocenters. The largest absolute Gasteiger partial charge is 0.472 e. The Hall–Kier alpha value is -3.84. The summed E-state index contributed by atoms with van der Waals surface area (Å²) in [6, 6.07) is -4.93. The maximum Gasteiger partial charge on any atom is 0.472 e. The lowest BCUT2D eigenvalue weighted by Gasteiger charge is -2.44. The number of hydrogen-bond acceptors (Lipinski definition) is 18. The monoisotopic (exact) mass is 1240 g/mol. The zero-order valence-electron chi connectivity index (χ0n) is 52.5. The van der Waals surface area contributed by atoms with Crippen LogP contribution in [-0.2, 0) is 66.1 Å². The number of nitrogens with one attached hydrogen (secondary N) is 3. The number of carbonyl (C=O) groups is 7. The van der Waals surface area contributed by atoms with Gasteiger partial charge in [-0.1, -0.05) is 175 Å². The number of phosphoric ester groups is 1. The molecule has 1 aliphatic rings. The van der Waals surface area contributed by atoms with Crippen molar-refractivity contribution in [2.24, 2.45) is 11.5 Å². The van der Waals surface area contributed by atoms with Crippen LogP contribution in [-0.4, -0.2) is 167 Å². The molecule has 0 radical (unpaired) electrons. The van der Waals surface area contributed by atoms with Gasteiger partial charge in [-0.25, -0.2) is 4.57 Å². The van der Waals surface area contributed by atoms with Gasteiger partial charge in [0.15, 0.2) is 12.4 Å². The van der Waals surface area contributed by atoms with Crippen molar-refractivity contribution in [1.82, 2.24) is 20.9 Å². The first-order valence-corrected chi connectivity index (χ1v) is 33.5. The molecule has 0 aromatic heterocycles. The summed E-state index contributed by atoms with van der Waals surface area (Å²) in [5.74, 6) is -4.84. The van der Waals surface area contributed by atoms with E-state index in [1.54, 1.807) is 6.92 Å². The van der Waals surface area contributed by atoms with Crippen molar-refractivity contribution in [3.63, 3.8) is 0 Å². The van der Waals surface area contributed by atoms with Crippen LogP contribution in [0.5, 0.6) is 0 Å². The first kappa shape index (κ1) is 79.2. The maximum atomic E-state index is 14.0. The van der Waals surface area contributed by atoms with E-state index in [1.807, 2.05) is 0 Å². The fraction of sp³-hybridized carbons (Fsp3) is 0.883. The molecule has 0 aromatic rings. The molecule has 5 amide bonds. The number of hydrogen-bond donors (Lipinski definition) is 9. The van der Waals surface area contributed by atoms with Gasteiger partial charge < -0.3 is 71.5 Å². The minimum atomic E-state index is -4.89. The van der Waals surface area contributed by atoms with E-state index in [1.165, 1.54) is 117 Å². The molecule has 1 fully saturated rings. The molecule has 0 saturated carbocycles. The van der Waals surface area contributed by atoms with E-state index in [4.69, 9.17) is 39.5 Å². The highest BCUT2D eigenvalue weighted by atomic mass is 31.2. The van der Waals surface area contributed by atoms with Crippen LogP contribution in [0.15, 0.2) is 0 Å². The molecule has 1 saturated heterocycles. The fourth-order valence-corrected chi connectivity index (χ4v) is 10.6. The lowest BCUT2D eigenvalue weighted by atomic mass is 9.96. The fourth-order valence-electron chi connectivity index (χ4n) is 9.89. The van der Waals surface area contributed by atoms with Crippen LogP contribution in [0.4, 0.5) is 0 Å². The Morgan fingerprint density at radius 2 is 1.18 bits per heavy atom. The van der Waals surface area contributed by atoms with Crippen molar-refractivity contribution in [2.75, 3.05) is 39.5 Å². The minimum Gasteiger partial charge on any atom is -0.462 e. The number of carbonyl (C=O) groups excluding carboxylic acids is 7. The van der Waals surface area contributed by atoms with Gasteiger partial charge in [0.25, 0.3) is 0 Å². The number of rotatable bonds is 53. The third kappa shape index (κ3) is 37.6. The summed E-state index contributed by atoms with van der Waals surface area (Å²) >= 11 is 0. The molecule has 24 nitrogen and oxygen atoms in total. The van der Waals surface area contributed by atoms with Crippen molar-refractivity contribution >= 4 is 49.3 Å². The molecule has 0 spiro atoms. The van der Waals surface area contributed by atoms with E-state index in [0.29, 0.717) is 12.8 Å². The van der Waals surface area contributed by atoms with Crippen LogP contribution < -0.4 is 27.4 Å². The van der Waals surface area contributed by atoms with Gasteiger partial charge in [0.1, 0.15) is 43.0 Å². The van der Waals surface area contributed by atoms with Gasteiger partial charge in [0.05, 0.1) is 32.0 Å². The Labute approximate surface area is 507 Å². The van der Waals surface area contributed by atoms with Crippen LogP contribution in [0, 0.1) is 0 Å². The summed E-state index contributed by atoms with van der Waals surface area (Å²) < 4.78 is 45.9. The Morgan fingerprint density at radius 1 is 0.682 bits per heavy atom. The highest BCUT2D eigenvalue weighted by molar-refractivity contribution is 7.47. The number of nitrogens with zero attached hydrogens (tertiary/aromatic N) is 1. The summed E-state index contributed by atoms with van der Waals surface area (Å²) in [4.78, 5) is 102. The lowest BCUT2D eigenvalue weighted by molar-refractivity contribution is -0.268. The van der Waals surface area contributed by atoms with Gasteiger partial charge in [-0.05, 0) is 39.5 Å². The van der Waals surface area contributed by atoms with E-state index in [0.717, 1.165) is 63.2 Å². The molecule has 1 rings (SSSR count). The van der Waals surface area contributed by atoms with E-state index >= 15 is 0 Å². The van der Waals surface area contributed by atoms with Gasteiger partial charge in [0.2, 0.25) is 29.5 Å². The lowest BCUT2D eigenvalue weighted by Crippen LogP contribution is -2.65. The molecule has 0 aromatic carbocycles. The van der Waals surface area contributed by atoms with Crippen molar-refractivity contribution in [2.45, 2.75) is 302 Å². The molecular formula is C60H113N6O18P. The molecule has 0 bridgehead atoms. The highest BCUT2D eigenvalue weighted by Crippen LogP contribution is 2.43. The normalized spacial score (nSPS) is 19.4. The summed E-state index contributed by atoms with van der Waals surface area (Å²) in [6.07, 6.45) is 21.1. The molecular weight excluding hydrogens is 1120 g/mol. The molecule has 25 heteroatoms. The highest BCUT2D eigenvalue weighted by Gasteiger charge is 2.47. The minimum absolute atomic E-state index is 0.0924. The number of aliphatic hydroxyl groups is 3. The number of aliphatic hydroxyl groups excluding tert-OH is 3.